The molecule has 0 spiro atoms. The van der Waals surface area contributed by atoms with E-state index >= 15 is 0 Å². The maximum Gasteiger partial charge on any atom is 0.238 e. The van der Waals surface area contributed by atoms with Gasteiger partial charge < -0.3 is 35.2 Å². The van der Waals surface area contributed by atoms with E-state index < -0.39 is 12.6 Å². The third-order valence-electron chi connectivity index (χ3n) is 3.86. The van der Waals surface area contributed by atoms with Gasteiger partial charge >= 0.3 is 0 Å². The standard InChI is InChI=1S/C14H21N3O4/c15-7-12-8-17(14(19)21-12)11-3-1-10(2-4-11)16-5-6-20-9-13(16)18/h1-4,12-14,18-19H,5-9,15H2. The van der Waals surface area contributed by atoms with Crippen LogP contribution in [-0.4, -0.2) is 61.8 Å². The molecule has 0 bridgehead atoms. The summed E-state index contributed by atoms with van der Waals surface area (Å²) in [6.07, 6.45) is -1.73. The van der Waals surface area contributed by atoms with E-state index in [0.717, 1.165) is 11.4 Å². The van der Waals surface area contributed by atoms with Gasteiger partial charge in [-0.2, -0.15) is 0 Å². The summed E-state index contributed by atoms with van der Waals surface area (Å²) in [5.74, 6) is 0. The Morgan fingerprint density at radius 2 is 1.81 bits per heavy atom. The monoisotopic (exact) mass is 295 g/mol. The Labute approximate surface area is 123 Å². The molecule has 0 saturated carbocycles. The highest BCUT2D eigenvalue weighted by molar-refractivity contribution is 5.57. The summed E-state index contributed by atoms with van der Waals surface area (Å²) >= 11 is 0. The van der Waals surface area contributed by atoms with Crippen LogP contribution in [0.15, 0.2) is 24.3 Å². The maximum atomic E-state index is 9.93. The minimum atomic E-state index is -0.960. The van der Waals surface area contributed by atoms with Crippen molar-refractivity contribution >= 4 is 11.4 Å². The number of rotatable bonds is 3. The first kappa shape index (κ1) is 14.6. The van der Waals surface area contributed by atoms with Crippen LogP contribution in [0, 0.1) is 0 Å². The van der Waals surface area contributed by atoms with Crippen LogP contribution in [0.5, 0.6) is 0 Å². The Hall–Kier alpha value is -1.38. The molecular weight excluding hydrogens is 274 g/mol. The number of nitrogens with zero attached hydrogens (tertiary/aromatic N) is 2. The highest BCUT2D eigenvalue weighted by Gasteiger charge is 2.30. The van der Waals surface area contributed by atoms with Crippen LogP contribution in [0.4, 0.5) is 11.4 Å². The molecule has 0 amide bonds. The molecule has 116 valence electrons. The summed E-state index contributed by atoms with van der Waals surface area (Å²) in [4.78, 5) is 3.66. The molecule has 1 aromatic carbocycles. The Morgan fingerprint density at radius 1 is 1.14 bits per heavy atom. The molecule has 0 aromatic heterocycles. The molecule has 1 aromatic rings. The topological polar surface area (TPSA) is 91.4 Å². The van der Waals surface area contributed by atoms with Gasteiger partial charge in [0, 0.05) is 24.5 Å². The molecule has 2 aliphatic heterocycles. The summed E-state index contributed by atoms with van der Waals surface area (Å²) in [5, 5.41) is 19.8. The number of ether oxygens (including phenoxy) is 2. The first-order chi connectivity index (χ1) is 10.2. The summed E-state index contributed by atoms with van der Waals surface area (Å²) in [5.41, 5.74) is 7.36. The molecule has 21 heavy (non-hydrogen) atoms. The molecule has 7 heteroatoms. The fourth-order valence-corrected chi connectivity index (χ4v) is 2.69. The molecule has 0 radical (unpaired) electrons. The average molecular weight is 295 g/mol. The van der Waals surface area contributed by atoms with Gasteiger partial charge in [0.1, 0.15) is 0 Å². The molecule has 3 atom stereocenters. The van der Waals surface area contributed by atoms with E-state index in [1.807, 2.05) is 29.2 Å². The number of anilines is 2. The minimum absolute atomic E-state index is 0.152. The van der Waals surface area contributed by atoms with Gasteiger partial charge in [0.2, 0.25) is 6.41 Å². The van der Waals surface area contributed by atoms with Gasteiger partial charge in [-0.15, -0.1) is 0 Å². The summed E-state index contributed by atoms with van der Waals surface area (Å²) in [7, 11) is 0. The van der Waals surface area contributed by atoms with E-state index in [9.17, 15) is 10.2 Å². The van der Waals surface area contributed by atoms with Crippen LogP contribution in [0.3, 0.4) is 0 Å². The second-order valence-corrected chi connectivity index (χ2v) is 5.24. The van der Waals surface area contributed by atoms with E-state index in [2.05, 4.69) is 0 Å². The van der Waals surface area contributed by atoms with Crippen molar-refractivity contribution in [2.24, 2.45) is 5.73 Å². The first-order valence-corrected chi connectivity index (χ1v) is 7.12. The molecular formula is C14H21N3O4. The zero-order valence-corrected chi connectivity index (χ0v) is 11.8. The summed E-state index contributed by atoms with van der Waals surface area (Å²) < 4.78 is 10.5. The lowest BCUT2D eigenvalue weighted by molar-refractivity contribution is -0.0855. The Kier molecular flexibility index (Phi) is 4.27. The Bertz CT molecular complexity index is 470. The highest BCUT2D eigenvalue weighted by atomic mass is 16.6. The Morgan fingerprint density at radius 3 is 2.38 bits per heavy atom. The molecule has 4 N–H and O–H groups in total. The number of benzene rings is 1. The van der Waals surface area contributed by atoms with E-state index in [-0.39, 0.29) is 6.10 Å². The maximum absolute atomic E-state index is 9.93. The molecule has 7 nitrogen and oxygen atoms in total. The van der Waals surface area contributed by atoms with Gasteiger partial charge in [-0.25, -0.2) is 0 Å². The molecule has 2 heterocycles. The molecule has 0 aliphatic carbocycles. The summed E-state index contributed by atoms with van der Waals surface area (Å²) in [6.45, 7) is 2.53. The largest absolute Gasteiger partial charge is 0.375 e. The SMILES string of the molecule is NCC1CN(c2ccc(N3CCOCC3O)cc2)C(O)O1. The zero-order chi connectivity index (χ0) is 14.8. The number of hydrogen-bond donors (Lipinski definition) is 3. The van der Waals surface area contributed by atoms with Crippen LogP contribution >= 0.6 is 0 Å². The lowest BCUT2D eigenvalue weighted by Gasteiger charge is -2.34. The normalized spacial score (nSPS) is 30.0. The smallest absolute Gasteiger partial charge is 0.238 e. The number of morpholine rings is 1. The van der Waals surface area contributed by atoms with Crippen LogP contribution in [-0.2, 0) is 9.47 Å². The number of hydrogen-bond acceptors (Lipinski definition) is 7. The zero-order valence-electron chi connectivity index (χ0n) is 11.8. The lowest BCUT2D eigenvalue weighted by Crippen LogP contribution is -2.45. The van der Waals surface area contributed by atoms with Gasteiger partial charge in [-0.3, -0.25) is 0 Å². The average Bonchev–Trinajstić information content (AvgIpc) is 2.89. The van der Waals surface area contributed by atoms with Gasteiger partial charge in [0.05, 0.1) is 25.9 Å². The predicted molar refractivity (Wildman–Crippen MR) is 77.9 cm³/mol. The Balaban J connectivity index is 1.72. The number of aliphatic hydroxyl groups excluding tert-OH is 2. The fraction of sp³-hybridized carbons (Fsp3) is 0.571. The van der Waals surface area contributed by atoms with Crippen molar-refractivity contribution in [3.63, 3.8) is 0 Å². The molecule has 3 unspecified atom stereocenters. The first-order valence-electron chi connectivity index (χ1n) is 7.12. The van der Waals surface area contributed by atoms with Gasteiger partial charge in [0.15, 0.2) is 6.23 Å². The van der Waals surface area contributed by atoms with Gasteiger partial charge in [0.25, 0.3) is 0 Å². The van der Waals surface area contributed by atoms with Crippen LogP contribution in [0.25, 0.3) is 0 Å². The van der Waals surface area contributed by atoms with Crippen molar-refractivity contribution in [3.8, 4) is 0 Å². The minimum Gasteiger partial charge on any atom is -0.375 e. The summed E-state index contributed by atoms with van der Waals surface area (Å²) in [6, 6.07) is 7.66. The lowest BCUT2D eigenvalue weighted by atomic mass is 10.2. The van der Waals surface area contributed by atoms with Crippen molar-refractivity contribution < 1.29 is 19.7 Å². The van der Waals surface area contributed by atoms with Gasteiger partial charge in [-0.1, -0.05) is 0 Å². The van der Waals surface area contributed by atoms with E-state index in [1.165, 1.54) is 0 Å². The highest BCUT2D eigenvalue weighted by Crippen LogP contribution is 2.27. The van der Waals surface area contributed by atoms with E-state index in [1.54, 1.807) is 4.90 Å². The third-order valence-corrected chi connectivity index (χ3v) is 3.86. The van der Waals surface area contributed by atoms with Crippen LogP contribution in [0.1, 0.15) is 0 Å². The van der Waals surface area contributed by atoms with Crippen molar-refractivity contribution in [1.29, 1.82) is 0 Å². The van der Waals surface area contributed by atoms with Crippen molar-refractivity contribution in [2.75, 3.05) is 42.6 Å². The predicted octanol–water partition coefficient (Wildman–Crippen LogP) is -0.719. The van der Waals surface area contributed by atoms with Crippen molar-refractivity contribution in [2.45, 2.75) is 18.7 Å². The fourth-order valence-electron chi connectivity index (χ4n) is 2.69. The van der Waals surface area contributed by atoms with Crippen molar-refractivity contribution in [3.05, 3.63) is 24.3 Å². The van der Waals surface area contributed by atoms with E-state index in [4.69, 9.17) is 15.2 Å². The molecule has 3 rings (SSSR count). The number of nitrogens with two attached hydrogens (primary N) is 1. The van der Waals surface area contributed by atoms with Crippen LogP contribution < -0.4 is 15.5 Å². The number of aliphatic hydroxyl groups is 2. The molecule has 2 fully saturated rings. The third kappa shape index (κ3) is 2.97. The molecule has 2 aliphatic rings. The quantitative estimate of drug-likeness (QED) is 0.678. The second kappa shape index (κ2) is 6.17. The van der Waals surface area contributed by atoms with E-state index in [0.29, 0.717) is 32.8 Å². The van der Waals surface area contributed by atoms with Crippen LogP contribution in [0.2, 0.25) is 0 Å². The second-order valence-electron chi connectivity index (χ2n) is 5.24. The van der Waals surface area contributed by atoms with Crippen molar-refractivity contribution in [1.82, 2.24) is 0 Å². The van der Waals surface area contributed by atoms with Gasteiger partial charge in [-0.05, 0) is 24.3 Å². The molecule has 2 saturated heterocycles.